The second-order valence-electron chi connectivity index (χ2n) is 6.20. The number of rotatable bonds is 3. The van der Waals surface area contributed by atoms with Gasteiger partial charge in [0.15, 0.2) is 0 Å². The number of nitrogens with one attached hydrogen (secondary N) is 1. The molecule has 0 amide bonds. The zero-order valence-electron chi connectivity index (χ0n) is 13.3. The van der Waals surface area contributed by atoms with E-state index in [4.69, 9.17) is 4.74 Å². The summed E-state index contributed by atoms with van der Waals surface area (Å²) >= 11 is 0. The lowest BCUT2D eigenvalue weighted by Gasteiger charge is -2.31. The van der Waals surface area contributed by atoms with Crippen molar-refractivity contribution in [1.82, 2.24) is 5.32 Å². The van der Waals surface area contributed by atoms with Crippen molar-refractivity contribution >= 4 is 0 Å². The number of benzene rings is 1. The molecule has 1 heterocycles. The van der Waals surface area contributed by atoms with E-state index in [2.05, 4.69) is 26.1 Å². The monoisotopic (exact) mass is 279 g/mol. The molecule has 0 saturated carbocycles. The third kappa shape index (κ3) is 2.61. The molecule has 20 heavy (non-hydrogen) atoms. The van der Waals surface area contributed by atoms with Crippen LogP contribution in [0.3, 0.4) is 0 Å². The van der Waals surface area contributed by atoms with Gasteiger partial charge in [-0.05, 0) is 69.5 Å². The lowest BCUT2D eigenvalue weighted by molar-refractivity contribution is 0.0477. The van der Waals surface area contributed by atoms with Crippen molar-refractivity contribution in [3.05, 3.63) is 34.6 Å². The van der Waals surface area contributed by atoms with Crippen molar-refractivity contribution in [2.24, 2.45) is 11.8 Å². The van der Waals surface area contributed by atoms with Crippen LogP contribution >= 0.6 is 0 Å². The molecule has 2 nitrogen and oxygen atoms in total. The Morgan fingerprint density at radius 2 is 1.65 bits per heavy atom. The molecule has 3 heteroatoms. The van der Waals surface area contributed by atoms with Gasteiger partial charge in [0.1, 0.15) is 5.82 Å². The Morgan fingerprint density at radius 3 is 2.05 bits per heavy atom. The fourth-order valence-corrected chi connectivity index (χ4v) is 3.81. The average molecular weight is 279 g/mol. The normalized spacial score (nSPS) is 31.6. The maximum absolute atomic E-state index is 13.5. The topological polar surface area (TPSA) is 21.3 Å². The summed E-state index contributed by atoms with van der Waals surface area (Å²) in [6, 6.07) is 3.45. The van der Waals surface area contributed by atoms with E-state index in [1.807, 2.05) is 20.9 Å². The van der Waals surface area contributed by atoms with Crippen molar-refractivity contribution in [3.63, 3.8) is 0 Å². The predicted octanol–water partition coefficient (Wildman–Crippen LogP) is 3.76. The number of hydrogen-bond acceptors (Lipinski definition) is 2. The maximum Gasteiger partial charge on any atom is 0.123 e. The molecule has 0 spiro atoms. The quantitative estimate of drug-likeness (QED) is 0.909. The van der Waals surface area contributed by atoms with E-state index in [-0.39, 0.29) is 24.1 Å². The fraction of sp³-hybridized carbons (Fsp3) is 0.647. The van der Waals surface area contributed by atoms with Gasteiger partial charge in [-0.25, -0.2) is 4.39 Å². The molecule has 5 unspecified atom stereocenters. The van der Waals surface area contributed by atoms with Crippen molar-refractivity contribution in [2.45, 2.75) is 52.9 Å². The maximum atomic E-state index is 13.5. The van der Waals surface area contributed by atoms with E-state index in [9.17, 15) is 4.39 Å². The Kier molecular flexibility index (Phi) is 4.50. The Hall–Kier alpha value is -0.930. The summed E-state index contributed by atoms with van der Waals surface area (Å²) in [5, 5.41) is 3.44. The first-order valence-corrected chi connectivity index (χ1v) is 7.46. The van der Waals surface area contributed by atoms with Crippen LogP contribution in [0.15, 0.2) is 12.1 Å². The minimum atomic E-state index is -0.157. The summed E-state index contributed by atoms with van der Waals surface area (Å²) < 4.78 is 19.5. The number of hydrogen-bond donors (Lipinski definition) is 1. The number of ether oxygens (including phenoxy) is 1. The van der Waals surface area contributed by atoms with E-state index in [1.54, 1.807) is 12.1 Å². The molecule has 2 rings (SSSR count). The number of aryl methyl sites for hydroxylation is 2. The van der Waals surface area contributed by atoms with E-state index in [0.29, 0.717) is 11.8 Å². The van der Waals surface area contributed by atoms with Gasteiger partial charge < -0.3 is 10.1 Å². The lowest BCUT2D eigenvalue weighted by atomic mass is 9.78. The summed E-state index contributed by atoms with van der Waals surface area (Å²) in [5.41, 5.74) is 3.25. The minimum Gasteiger partial charge on any atom is -0.375 e. The Labute approximate surface area is 121 Å². The van der Waals surface area contributed by atoms with E-state index >= 15 is 0 Å². The summed E-state index contributed by atoms with van der Waals surface area (Å²) in [7, 11) is 1.98. The molecule has 0 aromatic heterocycles. The molecule has 0 bridgehead atoms. The largest absolute Gasteiger partial charge is 0.375 e. The standard InChI is InChI=1S/C17H26FNO/c1-9-7-14(18)8-10(2)15(9)17(19-6)16-11(3)12(4)20-13(16)5/h7-8,11-13,16-17,19H,1-6H3. The highest BCUT2D eigenvalue weighted by Gasteiger charge is 2.42. The molecule has 1 aromatic carbocycles. The fourth-order valence-electron chi connectivity index (χ4n) is 3.81. The van der Waals surface area contributed by atoms with E-state index in [0.717, 1.165) is 11.1 Å². The Bertz CT molecular complexity index is 465. The summed E-state index contributed by atoms with van der Waals surface area (Å²) in [4.78, 5) is 0. The van der Waals surface area contributed by atoms with Crippen LogP contribution in [-0.4, -0.2) is 19.3 Å². The zero-order chi connectivity index (χ0) is 15.0. The van der Waals surface area contributed by atoms with Gasteiger partial charge in [0.05, 0.1) is 12.2 Å². The smallest absolute Gasteiger partial charge is 0.123 e. The summed E-state index contributed by atoms with van der Waals surface area (Å²) in [6.45, 7) is 10.5. The van der Waals surface area contributed by atoms with Gasteiger partial charge in [-0.3, -0.25) is 0 Å². The molecule has 0 aliphatic carbocycles. The molecule has 1 fully saturated rings. The van der Waals surface area contributed by atoms with E-state index in [1.165, 1.54) is 5.56 Å². The van der Waals surface area contributed by atoms with Gasteiger partial charge >= 0.3 is 0 Å². The molecular weight excluding hydrogens is 253 g/mol. The molecule has 5 atom stereocenters. The van der Waals surface area contributed by atoms with Crippen molar-refractivity contribution in [3.8, 4) is 0 Å². The van der Waals surface area contributed by atoms with Crippen molar-refractivity contribution < 1.29 is 9.13 Å². The zero-order valence-corrected chi connectivity index (χ0v) is 13.3. The van der Waals surface area contributed by atoms with Crippen molar-refractivity contribution in [1.29, 1.82) is 0 Å². The van der Waals surface area contributed by atoms with Crippen LogP contribution in [0.1, 0.15) is 43.5 Å². The first-order valence-electron chi connectivity index (χ1n) is 7.46. The van der Waals surface area contributed by atoms with Crippen molar-refractivity contribution in [2.75, 3.05) is 7.05 Å². The molecule has 1 aliphatic rings. The Morgan fingerprint density at radius 1 is 1.10 bits per heavy atom. The first-order chi connectivity index (χ1) is 9.36. The van der Waals surface area contributed by atoms with Gasteiger partial charge in [0, 0.05) is 12.0 Å². The molecular formula is C17H26FNO. The highest BCUT2D eigenvalue weighted by Crippen LogP contribution is 2.42. The third-order valence-corrected chi connectivity index (χ3v) is 4.88. The van der Waals surface area contributed by atoms with E-state index < -0.39 is 0 Å². The molecule has 1 saturated heterocycles. The molecule has 1 aliphatic heterocycles. The van der Waals surface area contributed by atoms with Crippen LogP contribution in [0.5, 0.6) is 0 Å². The molecule has 112 valence electrons. The first kappa shape index (κ1) is 15.5. The third-order valence-electron chi connectivity index (χ3n) is 4.88. The lowest BCUT2D eigenvalue weighted by Crippen LogP contribution is -2.34. The summed E-state index contributed by atoms with van der Waals surface area (Å²) in [5.74, 6) is 0.722. The number of halogens is 1. The highest BCUT2D eigenvalue weighted by molar-refractivity contribution is 5.37. The van der Waals surface area contributed by atoms with Gasteiger partial charge in [-0.15, -0.1) is 0 Å². The van der Waals surface area contributed by atoms with Crippen LogP contribution in [-0.2, 0) is 4.74 Å². The van der Waals surface area contributed by atoms with Gasteiger partial charge in [-0.2, -0.15) is 0 Å². The van der Waals surface area contributed by atoms with Gasteiger partial charge in [0.25, 0.3) is 0 Å². The second kappa shape index (κ2) is 5.82. The van der Waals surface area contributed by atoms with Crippen LogP contribution < -0.4 is 5.32 Å². The van der Waals surface area contributed by atoms with Crippen LogP contribution in [0.2, 0.25) is 0 Å². The van der Waals surface area contributed by atoms with Crippen LogP contribution in [0.25, 0.3) is 0 Å². The molecule has 1 aromatic rings. The summed E-state index contributed by atoms with van der Waals surface area (Å²) in [6.07, 6.45) is 0.480. The van der Waals surface area contributed by atoms with Gasteiger partial charge in [0.2, 0.25) is 0 Å². The SMILES string of the molecule is CNC(c1c(C)cc(F)cc1C)C1C(C)OC(C)C1C. The Balaban J connectivity index is 2.43. The van der Waals surface area contributed by atoms with Gasteiger partial charge in [-0.1, -0.05) is 6.92 Å². The predicted molar refractivity (Wildman–Crippen MR) is 80.3 cm³/mol. The molecule has 1 N–H and O–H groups in total. The average Bonchev–Trinajstić information content (AvgIpc) is 2.59. The minimum absolute atomic E-state index is 0.157. The molecule has 0 radical (unpaired) electrons. The van der Waals surface area contributed by atoms with Crippen LogP contribution in [0.4, 0.5) is 4.39 Å². The second-order valence-corrected chi connectivity index (χ2v) is 6.20. The highest BCUT2D eigenvalue weighted by atomic mass is 19.1. The van der Waals surface area contributed by atoms with Crippen LogP contribution in [0, 0.1) is 31.5 Å².